The van der Waals surface area contributed by atoms with E-state index >= 15 is 0 Å². The Balaban J connectivity index is 1.67. The van der Waals surface area contributed by atoms with Crippen LogP contribution >= 0.6 is 19.5 Å². The average molecular weight is 494 g/mol. The predicted octanol–water partition coefficient (Wildman–Crippen LogP) is 4.40. The Morgan fingerprint density at radius 3 is 2.39 bits per heavy atom. The molecule has 1 saturated heterocycles. The Bertz CT molecular complexity index is 1060. The molecule has 4 rings (SSSR count). The fraction of sp³-hybridized carbons (Fsp3) is 0.261. The number of hydrogen-bond donors (Lipinski definition) is 2. The molecular weight excluding hydrogens is 469 g/mol. The van der Waals surface area contributed by atoms with Gasteiger partial charge in [-0.3, -0.25) is 0 Å². The summed E-state index contributed by atoms with van der Waals surface area (Å²) in [5.74, 6) is 0.619. The molecule has 2 aromatic carbocycles. The summed E-state index contributed by atoms with van der Waals surface area (Å²) in [6.45, 7) is -0.302. The van der Waals surface area contributed by atoms with Crippen molar-refractivity contribution in [2.24, 2.45) is 0 Å². The van der Waals surface area contributed by atoms with Crippen LogP contribution in [-0.4, -0.2) is 47.0 Å². The number of aliphatic carboxylic acids is 1. The maximum atomic E-state index is 11.9. The number of carbonyl (C=O) groups is 1. The van der Waals surface area contributed by atoms with Gasteiger partial charge in [-0.05, 0) is 0 Å². The van der Waals surface area contributed by atoms with E-state index < -0.39 is 26.4 Å². The van der Waals surface area contributed by atoms with E-state index in [2.05, 4.69) is 0 Å². The molecule has 2 unspecified atom stereocenters. The van der Waals surface area contributed by atoms with Crippen molar-refractivity contribution in [3.8, 4) is 11.5 Å². The van der Waals surface area contributed by atoms with E-state index in [4.69, 9.17) is 30.0 Å². The van der Waals surface area contributed by atoms with Gasteiger partial charge in [-0.25, -0.2) is 0 Å². The van der Waals surface area contributed by atoms with E-state index in [-0.39, 0.29) is 12.7 Å². The SMILES string of the molecule is COC1CO[PH](O)(c2ccc(Oc3ccc(Cl)cc3)cc2)N(CC(=O)O)C(c2ccco2)C1. The number of carboxylic acid groups (broad SMARTS) is 1. The second-order valence-corrected chi connectivity index (χ2v) is 10.7. The Morgan fingerprint density at radius 2 is 1.82 bits per heavy atom. The van der Waals surface area contributed by atoms with E-state index in [0.29, 0.717) is 34.0 Å². The molecule has 3 aromatic rings. The van der Waals surface area contributed by atoms with Crippen molar-refractivity contribution >= 4 is 30.7 Å². The van der Waals surface area contributed by atoms with Gasteiger partial charge in [0, 0.05) is 0 Å². The minimum atomic E-state index is -3.92. The number of halogens is 1. The van der Waals surface area contributed by atoms with Gasteiger partial charge in [0.05, 0.1) is 0 Å². The summed E-state index contributed by atoms with van der Waals surface area (Å²) < 4.78 is 24.5. The summed E-state index contributed by atoms with van der Waals surface area (Å²) in [7, 11) is -2.36. The van der Waals surface area contributed by atoms with Gasteiger partial charge in [0.2, 0.25) is 0 Å². The zero-order valence-electron chi connectivity index (χ0n) is 17.9. The normalized spacial score (nSPS) is 21.8. The van der Waals surface area contributed by atoms with Gasteiger partial charge in [-0.15, -0.1) is 0 Å². The number of ether oxygens (including phenoxy) is 2. The number of hydrogen-bond acceptors (Lipinski definition) is 7. The van der Waals surface area contributed by atoms with Gasteiger partial charge < -0.3 is 0 Å². The van der Waals surface area contributed by atoms with Crippen molar-refractivity contribution in [2.45, 2.75) is 18.6 Å². The van der Waals surface area contributed by atoms with Crippen LogP contribution in [0.4, 0.5) is 0 Å². The molecule has 0 spiro atoms. The average Bonchev–Trinajstić information content (AvgIpc) is 3.30. The number of furan rings is 1. The molecule has 1 aromatic heterocycles. The molecule has 0 radical (unpaired) electrons. The van der Waals surface area contributed by atoms with Crippen LogP contribution in [0.1, 0.15) is 18.2 Å². The molecular formula is C23H25ClNO7P. The Labute approximate surface area is 196 Å². The second kappa shape index (κ2) is 10.2. The first-order valence-electron chi connectivity index (χ1n) is 10.3. The number of benzene rings is 2. The summed E-state index contributed by atoms with van der Waals surface area (Å²) in [5, 5.41) is 10.7. The molecule has 2 N–H and O–H groups in total. The molecule has 1 aliphatic rings. The Hall–Kier alpha value is -2.45. The van der Waals surface area contributed by atoms with Crippen molar-refractivity contribution < 1.29 is 33.2 Å². The zero-order chi connectivity index (χ0) is 23.4. The van der Waals surface area contributed by atoms with Crippen LogP contribution < -0.4 is 10.0 Å². The van der Waals surface area contributed by atoms with Crippen molar-refractivity contribution in [2.75, 3.05) is 20.3 Å². The van der Waals surface area contributed by atoms with Gasteiger partial charge in [-0.1, -0.05) is 0 Å². The topological polar surface area (TPSA) is 102 Å². The third-order valence-corrected chi connectivity index (χ3v) is 8.67. The van der Waals surface area contributed by atoms with E-state index in [1.54, 1.807) is 67.8 Å². The van der Waals surface area contributed by atoms with Crippen LogP contribution in [0.15, 0.2) is 71.3 Å². The molecule has 8 nitrogen and oxygen atoms in total. The van der Waals surface area contributed by atoms with Crippen molar-refractivity contribution in [3.63, 3.8) is 0 Å². The molecule has 0 bridgehead atoms. The molecule has 2 heterocycles. The number of rotatable bonds is 7. The summed E-state index contributed by atoms with van der Waals surface area (Å²) in [5.41, 5.74) is 0. The van der Waals surface area contributed by atoms with Crippen molar-refractivity contribution in [1.29, 1.82) is 0 Å². The van der Waals surface area contributed by atoms with Gasteiger partial charge in [-0.2, -0.15) is 0 Å². The van der Waals surface area contributed by atoms with Gasteiger partial charge in [0.15, 0.2) is 0 Å². The first kappa shape index (κ1) is 23.7. The van der Waals surface area contributed by atoms with Crippen LogP contribution in [0.25, 0.3) is 0 Å². The third kappa shape index (κ3) is 5.38. The molecule has 1 aliphatic heterocycles. The molecule has 0 amide bonds. The summed E-state index contributed by atoms with van der Waals surface area (Å²) in [4.78, 5) is 23.6. The zero-order valence-corrected chi connectivity index (χ0v) is 19.6. The van der Waals surface area contributed by atoms with Crippen LogP contribution in [0.5, 0.6) is 11.5 Å². The summed E-state index contributed by atoms with van der Waals surface area (Å²) in [6, 6.07) is 16.7. The molecule has 33 heavy (non-hydrogen) atoms. The van der Waals surface area contributed by atoms with Crippen molar-refractivity contribution in [3.05, 3.63) is 77.7 Å². The molecule has 0 saturated carbocycles. The van der Waals surface area contributed by atoms with Crippen LogP contribution in [0.3, 0.4) is 0 Å². The monoisotopic (exact) mass is 493 g/mol. The van der Waals surface area contributed by atoms with E-state index in [9.17, 15) is 14.8 Å². The first-order chi connectivity index (χ1) is 15.9. The summed E-state index contributed by atoms with van der Waals surface area (Å²) in [6.07, 6.45) is 1.58. The maximum absolute atomic E-state index is 11.9. The van der Waals surface area contributed by atoms with Crippen molar-refractivity contribution in [1.82, 2.24) is 4.67 Å². The Morgan fingerprint density at radius 1 is 1.15 bits per heavy atom. The molecule has 176 valence electrons. The first-order valence-corrected chi connectivity index (χ1v) is 12.5. The van der Waals surface area contributed by atoms with Gasteiger partial charge >= 0.3 is 197 Å². The third-order valence-electron chi connectivity index (χ3n) is 5.51. The predicted molar refractivity (Wildman–Crippen MR) is 125 cm³/mol. The Kier molecular flexibility index (Phi) is 7.34. The number of carboxylic acids is 1. The molecule has 1 fully saturated rings. The quantitative estimate of drug-likeness (QED) is 0.467. The van der Waals surface area contributed by atoms with E-state index in [1.165, 1.54) is 10.9 Å². The van der Waals surface area contributed by atoms with Gasteiger partial charge in [0.1, 0.15) is 0 Å². The molecule has 2 atom stereocenters. The number of methoxy groups -OCH3 is 1. The van der Waals surface area contributed by atoms with Crippen LogP contribution in [0.2, 0.25) is 5.02 Å². The molecule has 10 heteroatoms. The summed E-state index contributed by atoms with van der Waals surface area (Å²) >= 11 is 5.91. The fourth-order valence-corrected chi connectivity index (χ4v) is 6.67. The van der Waals surface area contributed by atoms with Crippen LogP contribution in [0, 0.1) is 0 Å². The fourth-order valence-electron chi connectivity index (χ4n) is 3.85. The minimum absolute atomic E-state index is 0.121. The van der Waals surface area contributed by atoms with E-state index in [1.807, 2.05) is 0 Å². The second-order valence-electron chi connectivity index (χ2n) is 7.65. The van der Waals surface area contributed by atoms with Crippen LogP contribution in [-0.2, 0) is 14.1 Å². The van der Waals surface area contributed by atoms with E-state index in [0.717, 1.165) is 0 Å². The number of nitrogens with zero attached hydrogens (tertiary/aromatic N) is 1. The standard InChI is InChI=1S/C23H25ClNO7P/c1-29-19-13-21(22-3-2-12-30-22)25(14-23(26)27)33(28,31-15-19)20-10-8-18(9-11-20)32-17-6-4-16(24)5-7-17/h2-12,19,21,28,33H,13-15H2,1H3,(H,26,27). The molecule has 0 aliphatic carbocycles. The van der Waals surface area contributed by atoms with Gasteiger partial charge in [0.25, 0.3) is 0 Å².